The van der Waals surface area contributed by atoms with Crippen LogP contribution in [0.5, 0.6) is 5.88 Å². The Kier molecular flexibility index (Phi) is 5.37. The molecule has 0 amide bonds. The van der Waals surface area contributed by atoms with Crippen molar-refractivity contribution in [2.45, 2.75) is 17.1 Å². The molecule has 0 aliphatic carbocycles. The number of halogens is 2. The van der Waals surface area contributed by atoms with E-state index < -0.39 is 6.23 Å². The highest BCUT2D eigenvalue weighted by molar-refractivity contribution is 9.10. The van der Waals surface area contributed by atoms with Gasteiger partial charge in [0.15, 0.2) is 16.1 Å². The Balaban J connectivity index is 1.49. The van der Waals surface area contributed by atoms with Crippen molar-refractivity contribution in [3.8, 4) is 17.1 Å². The molecule has 30 heavy (non-hydrogen) atoms. The number of thioether (sulfide) groups is 1. The van der Waals surface area contributed by atoms with Gasteiger partial charge in [0.05, 0.1) is 0 Å². The van der Waals surface area contributed by atoms with Gasteiger partial charge in [-0.3, -0.25) is 0 Å². The normalized spacial score (nSPS) is 14.8. The van der Waals surface area contributed by atoms with Gasteiger partial charge >= 0.3 is 0 Å². The number of para-hydroxylation sites is 1. The second-order valence-electron chi connectivity index (χ2n) is 6.46. The largest absolute Gasteiger partial charge is 0.448 e. The van der Waals surface area contributed by atoms with Crippen LogP contribution in [0, 0.1) is 0 Å². The molecule has 1 aliphatic heterocycles. The predicted octanol–water partition coefficient (Wildman–Crippen LogP) is 6.34. The fraction of sp³-hybridized carbons (Fsp3) is 0.0952. The maximum absolute atomic E-state index is 6.26. The van der Waals surface area contributed by atoms with E-state index in [0.717, 1.165) is 16.8 Å². The number of anilines is 1. The zero-order valence-corrected chi connectivity index (χ0v) is 18.5. The van der Waals surface area contributed by atoms with Crippen molar-refractivity contribution in [3.63, 3.8) is 0 Å². The zero-order chi connectivity index (χ0) is 20.5. The second-order valence-corrected chi connectivity index (χ2v) is 8.59. The van der Waals surface area contributed by atoms with Crippen LogP contribution in [0.25, 0.3) is 11.3 Å². The molecule has 1 aliphatic rings. The SMILES string of the molecule is Clc1ccccc1CSc1nnc2c(n1)O[C@@H](c1ccc(Br)o1)Nc1ccccc1-2. The number of nitrogens with zero attached hydrogens (tertiary/aromatic N) is 3. The van der Waals surface area contributed by atoms with Crippen LogP contribution in [-0.4, -0.2) is 15.2 Å². The number of ether oxygens (including phenoxy) is 1. The van der Waals surface area contributed by atoms with Crippen molar-refractivity contribution < 1.29 is 9.15 Å². The van der Waals surface area contributed by atoms with Crippen LogP contribution in [-0.2, 0) is 5.75 Å². The smallest absolute Gasteiger partial charge is 0.247 e. The molecule has 0 saturated carbocycles. The Morgan fingerprint density at radius 1 is 1.03 bits per heavy atom. The molecule has 3 heterocycles. The fourth-order valence-corrected chi connectivity index (χ4v) is 4.45. The number of hydrogen-bond donors (Lipinski definition) is 1. The number of rotatable bonds is 4. The van der Waals surface area contributed by atoms with Crippen molar-refractivity contribution in [1.82, 2.24) is 15.2 Å². The first kappa shape index (κ1) is 19.4. The number of benzene rings is 2. The molecule has 6 nitrogen and oxygen atoms in total. The van der Waals surface area contributed by atoms with Gasteiger partial charge in [-0.05, 0) is 45.8 Å². The summed E-state index contributed by atoms with van der Waals surface area (Å²) >= 11 is 11.0. The van der Waals surface area contributed by atoms with Crippen molar-refractivity contribution in [1.29, 1.82) is 0 Å². The third-order valence-electron chi connectivity index (χ3n) is 4.50. The summed E-state index contributed by atoms with van der Waals surface area (Å²) < 4.78 is 12.5. The number of fused-ring (bicyclic) bond motifs is 3. The molecule has 1 N–H and O–H groups in total. The van der Waals surface area contributed by atoms with Crippen molar-refractivity contribution in [3.05, 3.63) is 81.7 Å². The average molecular weight is 502 g/mol. The lowest BCUT2D eigenvalue weighted by Crippen LogP contribution is -2.16. The van der Waals surface area contributed by atoms with E-state index in [1.54, 1.807) is 0 Å². The van der Waals surface area contributed by atoms with Gasteiger partial charge in [0.2, 0.25) is 17.3 Å². The summed E-state index contributed by atoms with van der Waals surface area (Å²) in [6.45, 7) is 0. The molecular weight excluding hydrogens is 488 g/mol. The molecule has 5 rings (SSSR count). The van der Waals surface area contributed by atoms with E-state index >= 15 is 0 Å². The van der Waals surface area contributed by atoms with E-state index in [-0.39, 0.29) is 0 Å². The van der Waals surface area contributed by atoms with Crippen LogP contribution < -0.4 is 10.1 Å². The molecule has 0 unspecified atom stereocenters. The quantitative estimate of drug-likeness (QED) is 0.327. The van der Waals surface area contributed by atoms with Gasteiger partial charge in [-0.1, -0.05) is 59.8 Å². The average Bonchev–Trinajstić information content (AvgIpc) is 3.12. The summed E-state index contributed by atoms with van der Waals surface area (Å²) in [4.78, 5) is 4.63. The van der Waals surface area contributed by atoms with E-state index in [1.165, 1.54) is 11.8 Å². The third-order valence-corrected chi connectivity index (χ3v) is 6.18. The monoisotopic (exact) mass is 500 g/mol. The van der Waals surface area contributed by atoms with Crippen LogP contribution in [0.3, 0.4) is 0 Å². The van der Waals surface area contributed by atoms with E-state index in [0.29, 0.717) is 37.9 Å². The molecule has 0 bridgehead atoms. The number of nitrogens with one attached hydrogen (secondary N) is 1. The number of hydrogen-bond acceptors (Lipinski definition) is 7. The predicted molar refractivity (Wildman–Crippen MR) is 120 cm³/mol. The summed E-state index contributed by atoms with van der Waals surface area (Å²) in [5.74, 6) is 1.64. The Bertz CT molecular complexity index is 1220. The van der Waals surface area contributed by atoms with E-state index in [9.17, 15) is 0 Å². The molecule has 2 aromatic carbocycles. The number of furan rings is 1. The molecule has 1 atom stereocenters. The summed E-state index contributed by atoms with van der Waals surface area (Å²) in [5, 5.41) is 13.3. The van der Waals surface area contributed by atoms with Crippen LogP contribution in [0.1, 0.15) is 17.6 Å². The van der Waals surface area contributed by atoms with Crippen LogP contribution in [0.4, 0.5) is 5.69 Å². The molecule has 2 aromatic heterocycles. The summed E-state index contributed by atoms with van der Waals surface area (Å²) in [6, 6.07) is 19.2. The van der Waals surface area contributed by atoms with Crippen LogP contribution in [0.2, 0.25) is 5.02 Å². The minimum Gasteiger partial charge on any atom is -0.448 e. The first-order chi connectivity index (χ1) is 14.7. The van der Waals surface area contributed by atoms with Gasteiger partial charge in [0.1, 0.15) is 0 Å². The fourth-order valence-electron chi connectivity index (χ4n) is 3.06. The van der Waals surface area contributed by atoms with Crippen molar-refractivity contribution in [2.75, 3.05) is 5.32 Å². The van der Waals surface area contributed by atoms with Gasteiger partial charge in [-0.2, -0.15) is 4.98 Å². The van der Waals surface area contributed by atoms with Gasteiger partial charge in [0.25, 0.3) is 0 Å². The van der Waals surface area contributed by atoms with Crippen molar-refractivity contribution in [2.24, 2.45) is 0 Å². The minimum absolute atomic E-state index is 0.390. The molecule has 0 radical (unpaired) electrons. The second kappa shape index (κ2) is 8.29. The minimum atomic E-state index is -0.559. The zero-order valence-electron chi connectivity index (χ0n) is 15.4. The first-order valence-corrected chi connectivity index (χ1v) is 11.2. The Labute approximate surface area is 190 Å². The number of aromatic nitrogens is 3. The summed E-state index contributed by atoms with van der Waals surface area (Å²) in [5.41, 5.74) is 3.31. The Hall–Kier alpha value is -2.55. The highest BCUT2D eigenvalue weighted by atomic mass is 79.9. The maximum Gasteiger partial charge on any atom is 0.247 e. The molecule has 4 aromatic rings. The van der Waals surface area contributed by atoms with Crippen LogP contribution in [0.15, 0.2) is 74.9 Å². The third kappa shape index (κ3) is 3.90. The lowest BCUT2D eigenvalue weighted by Gasteiger charge is -2.16. The summed E-state index contributed by atoms with van der Waals surface area (Å²) in [7, 11) is 0. The van der Waals surface area contributed by atoms with E-state index in [2.05, 4.69) is 36.4 Å². The molecule has 0 saturated heterocycles. The Morgan fingerprint density at radius 3 is 2.70 bits per heavy atom. The van der Waals surface area contributed by atoms with Gasteiger partial charge in [-0.15, -0.1) is 10.2 Å². The lowest BCUT2D eigenvalue weighted by molar-refractivity contribution is 0.194. The van der Waals surface area contributed by atoms with Gasteiger partial charge in [0, 0.05) is 22.0 Å². The first-order valence-electron chi connectivity index (χ1n) is 9.06. The van der Waals surface area contributed by atoms with E-state index in [4.69, 9.17) is 20.8 Å². The molecular formula is C21H14BrClN4O2S. The topological polar surface area (TPSA) is 73.1 Å². The molecule has 0 spiro atoms. The van der Waals surface area contributed by atoms with Gasteiger partial charge < -0.3 is 14.5 Å². The standard InChI is InChI=1S/C21H14BrClN4O2S/c22-17-10-9-16(28-17)19-24-15-8-4-2-6-13(15)18-20(29-19)25-21(27-26-18)30-11-12-5-1-3-7-14(12)23/h1-10,19,24H,11H2/t19-/m0/s1. The Morgan fingerprint density at radius 2 is 1.87 bits per heavy atom. The molecule has 150 valence electrons. The van der Waals surface area contributed by atoms with Gasteiger partial charge in [-0.25, -0.2) is 0 Å². The molecule has 0 fully saturated rings. The lowest BCUT2D eigenvalue weighted by atomic mass is 10.1. The summed E-state index contributed by atoms with van der Waals surface area (Å²) in [6.07, 6.45) is -0.559. The highest BCUT2D eigenvalue weighted by Gasteiger charge is 2.27. The molecule has 9 heteroatoms. The van der Waals surface area contributed by atoms with Crippen molar-refractivity contribution >= 4 is 45.0 Å². The highest BCUT2D eigenvalue weighted by Crippen LogP contribution is 2.40. The maximum atomic E-state index is 6.26. The van der Waals surface area contributed by atoms with Crippen LogP contribution >= 0.6 is 39.3 Å². The van der Waals surface area contributed by atoms with E-state index in [1.807, 2.05) is 60.7 Å².